The first-order valence-corrected chi connectivity index (χ1v) is 8.73. The number of amides is 1. The molecule has 1 N–H and O–H groups in total. The third-order valence-electron chi connectivity index (χ3n) is 3.89. The molecule has 2 aromatic rings. The quantitative estimate of drug-likeness (QED) is 0.808. The maximum absolute atomic E-state index is 12.0. The number of anilines is 1. The topological polar surface area (TPSA) is 55.4 Å². The molecule has 0 spiro atoms. The highest BCUT2D eigenvalue weighted by Crippen LogP contribution is 2.38. The fourth-order valence-electron chi connectivity index (χ4n) is 2.35. The first-order valence-electron chi connectivity index (χ1n) is 7.92. The van der Waals surface area contributed by atoms with E-state index in [9.17, 15) is 9.59 Å². The van der Waals surface area contributed by atoms with Gasteiger partial charge in [-0.25, -0.2) is 0 Å². The van der Waals surface area contributed by atoms with E-state index in [0.717, 1.165) is 16.2 Å². The fourth-order valence-corrected chi connectivity index (χ4v) is 3.28. The lowest BCUT2D eigenvalue weighted by molar-refractivity contribution is -0.148. The van der Waals surface area contributed by atoms with Gasteiger partial charge in [0.1, 0.15) is 0 Å². The zero-order chi connectivity index (χ0) is 16.9. The summed E-state index contributed by atoms with van der Waals surface area (Å²) < 4.78 is 5.07. The molecule has 2 aromatic carbocycles. The van der Waals surface area contributed by atoms with Crippen LogP contribution in [0.3, 0.4) is 0 Å². The van der Waals surface area contributed by atoms with E-state index in [1.165, 1.54) is 0 Å². The number of carbonyl (C=O) groups excluding carboxylic acids is 2. The van der Waals surface area contributed by atoms with Crippen molar-refractivity contribution in [1.82, 2.24) is 0 Å². The summed E-state index contributed by atoms with van der Waals surface area (Å²) in [7, 11) is 0. The van der Waals surface area contributed by atoms with Crippen molar-refractivity contribution < 1.29 is 14.3 Å². The van der Waals surface area contributed by atoms with E-state index in [-0.39, 0.29) is 24.4 Å². The van der Waals surface area contributed by atoms with Gasteiger partial charge in [-0.3, -0.25) is 9.59 Å². The molecule has 5 heteroatoms. The van der Waals surface area contributed by atoms with E-state index in [1.54, 1.807) is 11.8 Å². The lowest BCUT2D eigenvalue weighted by Crippen LogP contribution is -2.22. The minimum atomic E-state index is -0.322. The van der Waals surface area contributed by atoms with Crippen LogP contribution in [0.1, 0.15) is 13.3 Å². The molecule has 0 unspecified atom stereocenters. The molecule has 124 valence electrons. The first-order chi connectivity index (χ1) is 11.6. The highest BCUT2D eigenvalue weighted by atomic mass is 32.2. The van der Waals surface area contributed by atoms with Gasteiger partial charge in [0.25, 0.3) is 5.91 Å². The Balaban J connectivity index is 1.58. The molecular weight excluding hydrogens is 322 g/mol. The molecule has 0 heterocycles. The second-order valence-electron chi connectivity index (χ2n) is 5.89. The first kappa shape index (κ1) is 16.6. The molecule has 0 bridgehead atoms. The van der Waals surface area contributed by atoms with Gasteiger partial charge in [-0.1, -0.05) is 49.0 Å². The molecule has 4 nitrogen and oxygen atoms in total. The van der Waals surface area contributed by atoms with Crippen molar-refractivity contribution in [3.63, 3.8) is 0 Å². The Morgan fingerprint density at radius 2 is 1.79 bits per heavy atom. The number of hydrogen-bond acceptors (Lipinski definition) is 4. The summed E-state index contributed by atoms with van der Waals surface area (Å²) in [6.07, 6.45) is 0.858. The van der Waals surface area contributed by atoms with Crippen molar-refractivity contribution in [1.29, 1.82) is 0 Å². The molecule has 0 radical (unpaired) electrons. The second-order valence-corrected chi connectivity index (χ2v) is 7.00. The normalized spacial score (nSPS) is 18.7. The molecule has 0 aromatic heterocycles. The highest BCUT2D eigenvalue weighted by Gasteiger charge is 2.40. The Morgan fingerprint density at radius 1 is 1.12 bits per heavy atom. The Bertz CT molecular complexity index is 732. The molecule has 1 saturated carbocycles. The van der Waals surface area contributed by atoms with Crippen molar-refractivity contribution in [3.05, 3.63) is 54.6 Å². The van der Waals surface area contributed by atoms with Gasteiger partial charge in [-0.05, 0) is 36.6 Å². The van der Waals surface area contributed by atoms with Crippen molar-refractivity contribution in [2.45, 2.75) is 23.1 Å². The summed E-state index contributed by atoms with van der Waals surface area (Å²) in [5.74, 6) is -0.246. The maximum atomic E-state index is 12.0. The third-order valence-corrected chi connectivity index (χ3v) is 4.97. The molecule has 1 amide bonds. The minimum absolute atomic E-state index is 0.0290. The average Bonchev–Trinajstić information content (AvgIpc) is 3.32. The number of nitrogens with one attached hydrogen (secondary N) is 1. The van der Waals surface area contributed by atoms with Gasteiger partial charge in [-0.2, -0.15) is 0 Å². The van der Waals surface area contributed by atoms with Crippen LogP contribution in [-0.2, 0) is 14.3 Å². The molecular formula is C19H19NO3S. The van der Waals surface area contributed by atoms with E-state index in [4.69, 9.17) is 4.74 Å². The maximum Gasteiger partial charge on any atom is 0.309 e. The molecule has 0 saturated heterocycles. The Kier molecular flexibility index (Phi) is 5.20. The smallest absolute Gasteiger partial charge is 0.309 e. The molecule has 2 atom stereocenters. The zero-order valence-electron chi connectivity index (χ0n) is 13.4. The average molecular weight is 341 g/mol. The second kappa shape index (κ2) is 7.53. The predicted molar refractivity (Wildman–Crippen MR) is 93.9 cm³/mol. The standard InChI is InChI=1S/C19H19NO3S/c1-13-11-15(13)19(22)23-12-18(21)20-16-9-5-6-10-17(16)24-14-7-3-2-4-8-14/h2-10,13,15H,11-12H2,1H3,(H,20,21)/t13-,15+/m0/s1. The number of ether oxygens (including phenoxy) is 1. The predicted octanol–water partition coefficient (Wildman–Crippen LogP) is 3.98. The van der Waals surface area contributed by atoms with E-state index >= 15 is 0 Å². The summed E-state index contributed by atoms with van der Waals surface area (Å²) >= 11 is 1.57. The van der Waals surface area contributed by atoms with Crippen molar-refractivity contribution >= 4 is 29.3 Å². The minimum Gasteiger partial charge on any atom is -0.455 e. The van der Waals surface area contributed by atoms with Gasteiger partial charge in [0.2, 0.25) is 0 Å². The van der Waals surface area contributed by atoms with Crippen molar-refractivity contribution in [3.8, 4) is 0 Å². The lowest BCUT2D eigenvalue weighted by Gasteiger charge is -2.11. The van der Waals surface area contributed by atoms with Crippen LogP contribution in [0.15, 0.2) is 64.4 Å². The fraction of sp³-hybridized carbons (Fsp3) is 0.263. The number of para-hydroxylation sites is 1. The molecule has 0 aliphatic heterocycles. The van der Waals surface area contributed by atoms with Gasteiger partial charge in [0.15, 0.2) is 6.61 Å². The number of hydrogen-bond donors (Lipinski definition) is 1. The van der Waals surface area contributed by atoms with Gasteiger partial charge in [0, 0.05) is 9.79 Å². The molecule has 24 heavy (non-hydrogen) atoms. The van der Waals surface area contributed by atoms with Gasteiger partial charge >= 0.3 is 5.97 Å². The molecule has 1 fully saturated rings. The van der Waals surface area contributed by atoms with Gasteiger partial charge < -0.3 is 10.1 Å². The zero-order valence-corrected chi connectivity index (χ0v) is 14.2. The van der Waals surface area contributed by atoms with E-state index in [2.05, 4.69) is 5.32 Å². The van der Waals surface area contributed by atoms with E-state index < -0.39 is 0 Å². The van der Waals surface area contributed by atoms with Crippen LogP contribution in [0, 0.1) is 11.8 Å². The van der Waals surface area contributed by atoms with E-state index in [1.807, 2.05) is 61.5 Å². The highest BCUT2D eigenvalue weighted by molar-refractivity contribution is 7.99. The van der Waals surface area contributed by atoms with E-state index in [0.29, 0.717) is 11.6 Å². The Hall–Kier alpha value is -2.27. The van der Waals surface area contributed by atoms with Crippen LogP contribution in [0.2, 0.25) is 0 Å². The third kappa shape index (κ3) is 4.38. The van der Waals surface area contributed by atoms with Crippen molar-refractivity contribution in [2.75, 3.05) is 11.9 Å². The summed E-state index contributed by atoms with van der Waals surface area (Å²) in [5.41, 5.74) is 0.715. The van der Waals surface area contributed by atoms with Crippen LogP contribution in [0.4, 0.5) is 5.69 Å². The number of rotatable bonds is 6. The Morgan fingerprint density at radius 3 is 2.50 bits per heavy atom. The summed E-state index contributed by atoms with van der Waals surface area (Å²) in [5, 5.41) is 2.82. The largest absolute Gasteiger partial charge is 0.455 e. The van der Waals surface area contributed by atoms with Crippen LogP contribution < -0.4 is 5.32 Å². The monoisotopic (exact) mass is 341 g/mol. The summed E-state index contributed by atoms with van der Waals surface area (Å²) in [6.45, 7) is 1.76. The van der Waals surface area contributed by atoms with Crippen LogP contribution in [0.5, 0.6) is 0 Å². The lowest BCUT2D eigenvalue weighted by atomic mass is 10.3. The summed E-state index contributed by atoms with van der Waals surface area (Å²) in [6, 6.07) is 17.5. The number of esters is 1. The SMILES string of the molecule is C[C@H]1C[C@H]1C(=O)OCC(=O)Nc1ccccc1Sc1ccccc1. The molecule has 1 aliphatic carbocycles. The number of carbonyl (C=O) groups is 2. The Labute approximate surface area is 145 Å². The molecule has 3 rings (SSSR count). The van der Waals surface area contributed by atoms with Crippen molar-refractivity contribution in [2.24, 2.45) is 11.8 Å². The molecule has 1 aliphatic rings. The van der Waals surface area contributed by atoms with Crippen LogP contribution in [-0.4, -0.2) is 18.5 Å². The summed E-state index contributed by atoms with van der Waals surface area (Å²) in [4.78, 5) is 25.8. The number of benzene rings is 2. The van der Waals surface area contributed by atoms with Crippen LogP contribution >= 0.6 is 11.8 Å². The van der Waals surface area contributed by atoms with Crippen LogP contribution in [0.25, 0.3) is 0 Å². The van der Waals surface area contributed by atoms with Gasteiger partial charge in [-0.15, -0.1) is 0 Å². The van der Waals surface area contributed by atoms with Gasteiger partial charge in [0.05, 0.1) is 11.6 Å².